The van der Waals surface area contributed by atoms with E-state index >= 15 is 0 Å². The molecule has 0 saturated heterocycles. The zero-order chi connectivity index (χ0) is 14.9. The first kappa shape index (κ1) is 15.0. The van der Waals surface area contributed by atoms with E-state index in [2.05, 4.69) is 11.9 Å². The average molecular weight is 306 g/mol. The highest BCUT2D eigenvalue weighted by molar-refractivity contribution is 6.33. The van der Waals surface area contributed by atoms with Crippen LogP contribution >= 0.6 is 11.6 Å². The summed E-state index contributed by atoms with van der Waals surface area (Å²) in [5, 5.41) is -0.0479. The number of aromatic nitrogens is 2. The molecule has 2 aromatic rings. The molecule has 0 saturated carbocycles. The highest BCUT2D eigenvalue weighted by Gasteiger charge is 2.32. The number of nitrogens with two attached hydrogens (primary N) is 1. The monoisotopic (exact) mass is 305 g/mol. The van der Waals surface area contributed by atoms with E-state index < -0.39 is 11.7 Å². The van der Waals surface area contributed by atoms with Crippen molar-refractivity contribution in [3.8, 4) is 0 Å². The Labute approximate surface area is 119 Å². The third-order valence-electron chi connectivity index (χ3n) is 3.13. The van der Waals surface area contributed by atoms with Gasteiger partial charge in [0.2, 0.25) is 0 Å². The minimum Gasteiger partial charge on any atom is -0.383 e. The van der Waals surface area contributed by atoms with Gasteiger partial charge in [0.05, 0.1) is 16.3 Å². The molecule has 110 valence electrons. The minimum atomic E-state index is -4.46. The maximum Gasteiger partial charge on any atom is 0.417 e. The molecular weight excluding hydrogens is 291 g/mol. The van der Waals surface area contributed by atoms with Crippen LogP contribution in [0.1, 0.15) is 37.4 Å². The van der Waals surface area contributed by atoms with E-state index in [1.54, 1.807) is 0 Å². The van der Waals surface area contributed by atoms with Crippen molar-refractivity contribution >= 4 is 23.1 Å². The van der Waals surface area contributed by atoms with Crippen molar-refractivity contribution in [3.05, 3.63) is 28.5 Å². The SMILES string of the molecule is CCCCCc1nc2c(Cl)cc(C(F)(F)F)cn2c1N. The molecule has 0 unspecified atom stereocenters. The van der Waals surface area contributed by atoms with E-state index in [0.717, 1.165) is 31.5 Å². The van der Waals surface area contributed by atoms with Crippen LogP contribution in [0.5, 0.6) is 0 Å². The Kier molecular flexibility index (Phi) is 4.13. The molecule has 0 atom stereocenters. The Hall–Kier alpha value is -1.43. The van der Waals surface area contributed by atoms with Crippen molar-refractivity contribution in [2.24, 2.45) is 0 Å². The number of imidazole rings is 1. The molecule has 2 rings (SSSR count). The number of hydrogen-bond donors (Lipinski definition) is 1. The van der Waals surface area contributed by atoms with E-state index in [4.69, 9.17) is 17.3 Å². The van der Waals surface area contributed by atoms with Gasteiger partial charge in [0, 0.05) is 6.20 Å². The van der Waals surface area contributed by atoms with Gasteiger partial charge in [-0.15, -0.1) is 0 Å². The predicted molar refractivity (Wildman–Crippen MR) is 72.8 cm³/mol. The van der Waals surface area contributed by atoms with E-state index in [1.165, 1.54) is 4.40 Å². The lowest BCUT2D eigenvalue weighted by atomic mass is 10.1. The number of rotatable bonds is 4. The van der Waals surface area contributed by atoms with Gasteiger partial charge in [-0.2, -0.15) is 13.2 Å². The van der Waals surface area contributed by atoms with E-state index in [0.29, 0.717) is 12.1 Å². The molecule has 2 heterocycles. The predicted octanol–water partition coefficient (Wildman–Crippen LogP) is 4.32. The number of hydrogen-bond acceptors (Lipinski definition) is 2. The Morgan fingerprint density at radius 3 is 2.65 bits per heavy atom. The number of pyridine rings is 1. The first-order valence-electron chi connectivity index (χ1n) is 6.37. The highest BCUT2D eigenvalue weighted by atomic mass is 35.5. The molecule has 7 heteroatoms. The number of unbranched alkanes of at least 4 members (excludes halogenated alkanes) is 2. The number of nitrogen functional groups attached to an aromatic ring is 1. The van der Waals surface area contributed by atoms with E-state index in [-0.39, 0.29) is 16.5 Å². The largest absolute Gasteiger partial charge is 0.417 e. The molecule has 0 bridgehead atoms. The van der Waals surface area contributed by atoms with Gasteiger partial charge in [-0.1, -0.05) is 31.4 Å². The minimum absolute atomic E-state index is 0.0479. The number of nitrogens with zero attached hydrogens (tertiary/aromatic N) is 2. The van der Waals surface area contributed by atoms with Gasteiger partial charge < -0.3 is 5.73 Å². The van der Waals surface area contributed by atoms with Crippen LogP contribution in [0.25, 0.3) is 5.65 Å². The quantitative estimate of drug-likeness (QED) is 0.855. The average Bonchev–Trinajstić information content (AvgIpc) is 2.67. The standard InChI is InChI=1S/C13H15ClF3N3/c1-2-3-4-5-10-11(18)20-7-8(13(15,16)17)6-9(14)12(20)19-10/h6-7H,2-5,18H2,1H3. The van der Waals surface area contributed by atoms with Gasteiger partial charge in [0.25, 0.3) is 0 Å². The van der Waals surface area contributed by atoms with Crippen molar-refractivity contribution in [2.75, 3.05) is 5.73 Å². The lowest BCUT2D eigenvalue weighted by Crippen LogP contribution is -2.07. The van der Waals surface area contributed by atoms with Crippen LogP contribution < -0.4 is 5.73 Å². The Morgan fingerprint density at radius 2 is 2.05 bits per heavy atom. The summed E-state index contributed by atoms with van der Waals surface area (Å²) in [6.07, 6.45) is 0.0816. The van der Waals surface area contributed by atoms with Crippen LogP contribution in [0.2, 0.25) is 5.02 Å². The lowest BCUT2D eigenvalue weighted by Gasteiger charge is -2.08. The first-order valence-corrected chi connectivity index (χ1v) is 6.75. The van der Waals surface area contributed by atoms with Crippen LogP contribution in [0, 0.1) is 0 Å². The van der Waals surface area contributed by atoms with E-state index in [9.17, 15) is 13.2 Å². The normalized spacial score (nSPS) is 12.2. The Morgan fingerprint density at radius 1 is 1.35 bits per heavy atom. The third-order valence-corrected chi connectivity index (χ3v) is 3.41. The molecule has 0 spiro atoms. The van der Waals surface area contributed by atoms with Gasteiger partial charge in [-0.05, 0) is 18.9 Å². The second-order valence-corrected chi connectivity index (χ2v) is 5.08. The van der Waals surface area contributed by atoms with Crippen LogP contribution in [-0.4, -0.2) is 9.38 Å². The number of alkyl halides is 3. The number of aryl methyl sites for hydroxylation is 1. The van der Waals surface area contributed by atoms with Gasteiger partial charge in [-0.3, -0.25) is 4.40 Å². The fraction of sp³-hybridized carbons (Fsp3) is 0.462. The summed E-state index contributed by atoms with van der Waals surface area (Å²) in [5.41, 5.74) is 5.91. The third kappa shape index (κ3) is 2.85. The summed E-state index contributed by atoms with van der Waals surface area (Å²) in [6, 6.07) is 0.874. The molecule has 0 aliphatic carbocycles. The molecular formula is C13H15ClF3N3. The second kappa shape index (κ2) is 5.52. The maximum absolute atomic E-state index is 12.7. The number of halogens is 4. The van der Waals surface area contributed by atoms with E-state index in [1.807, 2.05) is 0 Å². The fourth-order valence-corrected chi connectivity index (χ4v) is 2.30. The molecule has 0 amide bonds. The summed E-state index contributed by atoms with van der Waals surface area (Å²) in [6.45, 7) is 2.07. The second-order valence-electron chi connectivity index (χ2n) is 4.67. The molecule has 0 aromatic carbocycles. The smallest absolute Gasteiger partial charge is 0.383 e. The summed E-state index contributed by atoms with van der Waals surface area (Å²) in [4.78, 5) is 4.25. The summed E-state index contributed by atoms with van der Waals surface area (Å²) in [7, 11) is 0. The molecule has 0 radical (unpaired) electrons. The Bertz CT molecular complexity index is 619. The van der Waals surface area contributed by atoms with Crippen molar-refractivity contribution in [3.63, 3.8) is 0 Å². The van der Waals surface area contributed by atoms with Crippen molar-refractivity contribution in [2.45, 2.75) is 38.8 Å². The molecule has 0 aliphatic heterocycles. The highest BCUT2D eigenvalue weighted by Crippen LogP contribution is 2.33. The van der Waals surface area contributed by atoms with Gasteiger partial charge in [-0.25, -0.2) is 4.98 Å². The van der Waals surface area contributed by atoms with Crippen LogP contribution in [0.15, 0.2) is 12.3 Å². The fourth-order valence-electron chi connectivity index (χ4n) is 2.05. The van der Waals surface area contributed by atoms with Gasteiger partial charge >= 0.3 is 6.18 Å². The van der Waals surface area contributed by atoms with Gasteiger partial charge in [0.15, 0.2) is 5.65 Å². The molecule has 0 aliphatic rings. The summed E-state index contributed by atoms with van der Waals surface area (Å²) >= 11 is 5.88. The maximum atomic E-state index is 12.7. The summed E-state index contributed by atoms with van der Waals surface area (Å²) in [5.74, 6) is 0.226. The van der Waals surface area contributed by atoms with Crippen molar-refractivity contribution in [1.29, 1.82) is 0 Å². The van der Waals surface area contributed by atoms with Crippen LogP contribution in [0.3, 0.4) is 0 Å². The van der Waals surface area contributed by atoms with Crippen molar-refractivity contribution in [1.82, 2.24) is 9.38 Å². The molecule has 0 fully saturated rings. The first-order chi connectivity index (χ1) is 9.34. The molecule has 20 heavy (non-hydrogen) atoms. The Balaban J connectivity index is 2.46. The molecule has 2 N–H and O–H groups in total. The van der Waals surface area contributed by atoms with Crippen molar-refractivity contribution < 1.29 is 13.2 Å². The van der Waals surface area contributed by atoms with Gasteiger partial charge in [0.1, 0.15) is 5.82 Å². The zero-order valence-electron chi connectivity index (χ0n) is 11.0. The van der Waals surface area contributed by atoms with Crippen LogP contribution in [0.4, 0.5) is 19.0 Å². The molecule has 3 nitrogen and oxygen atoms in total. The molecule has 2 aromatic heterocycles. The van der Waals surface area contributed by atoms with Crippen LogP contribution in [-0.2, 0) is 12.6 Å². The zero-order valence-corrected chi connectivity index (χ0v) is 11.7. The number of fused-ring (bicyclic) bond motifs is 1. The summed E-state index contributed by atoms with van der Waals surface area (Å²) < 4.78 is 39.5. The number of anilines is 1. The lowest BCUT2D eigenvalue weighted by molar-refractivity contribution is -0.137. The topological polar surface area (TPSA) is 43.3 Å².